The molecule has 0 fully saturated rings. The Morgan fingerprint density at radius 3 is 2.64 bits per heavy atom. The van der Waals surface area contributed by atoms with Crippen molar-refractivity contribution in [3.8, 4) is 0 Å². The van der Waals surface area contributed by atoms with Gasteiger partial charge in [0.25, 0.3) is 0 Å². The van der Waals surface area contributed by atoms with Gasteiger partial charge in [0.1, 0.15) is 5.82 Å². The first-order valence-corrected chi connectivity index (χ1v) is 7.20. The van der Waals surface area contributed by atoms with Crippen molar-refractivity contribution in [1.29, 1.82) is 0 Å². The largest absolute Gasteiger partial charge is 0.478 e. The van der Waals surface area contributed by atoms with Gasteiger partial charge in [-0.1, -0.05) is 6.08 Å². The number of nitrogens with one attached hydrogen (secondary N) is 1. The first-order valence-electron chi connectivity index (χ1n) is 7.20. The lowest BCUT2D eigenvalue weighted by atomic mass is 10.1. The number of aromatic nitrogens is 1. The number of anilines is 2. The molecule has 0 aliphatic rings. The van der Waals surface area contributed by atoms with Gasteiger partial charge in [-0.15, -0.1) is 6.58 Å². The molecule has 0 aliphatic heterocycles. The maximum Gasteiger partial charge on any atom is 0.435 e. The average Bonchev–Trinajstić information content (AvgIpc) is 2.53. The maximum atomic E-state index is 13.4. The number of alkyl halides is 3. The quantitative estimate of drug-likeness (QED) is 0.578. The molecule has 2 aromatic rings. The number of carboxylic acids is 1. The van der Waals surface area contributed by atoms with E-state index in [1.54, 1.807) is 6.08 Å². The lowest BCUT2D eigenvalue weighted by Crippen LogP contribution is -2.15. The highest BCUT2D eigenvalue weighted by Crippen LogP contribution is 2.37. The summed E-state index contributed by atoms with van der Waals surface area (Å²) in [5.41, 5.74) is -2.06. The minimum absolute atomic E-state index is 0.171. The topological polar surface area (TPSA) is 62.2 Å². The number of benzene rings is 1. The number of halogens is 4. The van der Waals surface area contributed by atoms with Gasteiger partial charge in [-0.3, -0.25) is 0 Å². The predicted molar refractivity (Wildman–Crippen MR) is 84.4 cm³/mol. The van der Waals surface area contributed by atoms with Crippen LogP contribution in [0.25, 0.3) is 0 Å². The summed E-state index contributed by atoms with van der Waals surface area (Å²) in [6, 6.07) is 4.47. The molecule has 0 unspecified atom stereocenters. The molecule has 0 spiro atoms. The van der Waals surface area contributed by atoms with E-state index in [9.17, 15) is 27.5 Å². The van der Waals surface area contributed by atoms with Crippen molar-refractivity contribution in [2.45, 2.75) is 19.0 Å². The lowest BCUT2D eigenvalue weighted by molar-refractivity contribution is -0.140. The van der Waals surface area contributed by atoms with Crippen molar-refractivity contribution < 1.29 is 27.5 Å². The van der Waals surface area contributed by atoms with Gasteiger partial charge >= 0.3 is 12.1 Å². The van der Waals surface area contributed by atoms with Crippen LogP contribution in [0.15, 0.2) is 43.1 Å². The zero-order valence-electron chi connectivity index (χ0n) is 12.9. The summed E-state index contributed by atoms with van der Waals surface area (Å²) in [5.74, 6) is -2.09. The average molecular weight is 354 g/mol. The Labute approximate surface area is 140 Å². The van der Waals surface area contributed by atoms with Gasteiger partial charge in [0, 0.05) is 11.9 Å². The van der Waals surface area contributed by atoms with Gasteiger partial charge in [-0.05, 0) is 42.7 Å². The minimum atomic E-state index is -4.85. The number of hydrogen-bond acceptors (Lipinski definition) is 3. The number of aryl methyl sites for hydroxylation is 1. The highest BCUT2D eigenvalue weighted by atomic mass is 19.4. The first kappa shape index (κ1) is 18.4. The van der Waals surface area contributed by atoms with Crippen molar-refractivity contribution in [3.63, 3.8) is 0 Å². The van der Waals surface area contributed by atoms with E-state index < -0.39 is 34.9 Å². The molecule has 0 radical (unpaired) electrons. The fourth-order valence-electron chi connectivity index (χ4n) is 2.26. The van der Waals surface area contributed by atoms with Gasteiger partial charge in [-0.2, -0.15) is 13.2 Å². The van der Waals surface area contributed by atoms with E-state index in [2.05, 4.69) is 16.9 Å². The molecule has 1 aromatic carbocycles. The minimum Gasteiger partial charge on any atom is -0.478 e. The zero-order valence-corrected chi connectivity index (χ0v) is 12.9. The van der Waals surface area contributed by atoms with E-state index in [1.807, 2.05) is 0 Å². The van der Waals surface area contributed by atoms with E-state index >= 15 is 0 Å². The molecule has 1 aromatic heterocycles. The second kappa shape index (κ2) is 7.33. The van der Waals surface area contributed by atoms with Crippen LogP contribution in [0.2, 0.25) is 0 Å². The molecule has 0 saturated carbocycles. The van der Waals surface area contributed by atoms with Crippen molar-refractivity contribution >= 4 is 17.3 Å². The second-order valence-electron chi connectivity index (χ2n) is 5.14. The predicted octanol–water partition coefficient (Wildman–Crippen LogP) is 4.80. The molecule has 2 N–H and O–H groups in total. The van der Waals surface area contributed by atoms with Gasteiger partial charge in [0.05, 0.1) is 11.3 Å². The summed E-state index contributed by atoms with van der Waals surface area (Å²) in [6.45, 7) is 3.54. The van der Waals surface area contributed by atoms with Gasteiger partial charge in [-0.25, -0.2) is 14.2 Å². The Balaban J connectivity index is 2.56. The third kappa shape index (κ3) is 4.34. The van der Waals surface area contributed by atoms with Crippen LogP contribution in [0.1, 0.15) is 28.0 Å². The standard InChI is InChI=1S/C17H14F4N2O2/c1-2-3-4-10-9-11(18)5-6-13(10)23-14-12(16(24)25)7-8-22-15(14)17(19,20)21/h2,5-9,23H,1,3-4H2,(H,24,25). The fourth-order valence-corrected chi connectivity index (χ4v) is 2.26. The highest BCUT2D eigenvalue weighted by Gasteiger charge is 2.37. The van der Waals surface area contributed by atoms with Crippen LogP contribution < -0.4 is 5.32 Å². The molecular weight excluding hydrogens is 340 g/mol. The summed E-state index contributed by atoms with van der Waals surface area (Å²) in [4.78, 5) is 14.6. The number of hydrogen-bond donors (Lipinski definition) is 2. The van der Waals surface area contributed by atoms with Crippen LogP contribution in [-0.2, 0) is 12.6 Å². The van der Waals surface area contributed by atoms with Crippen molar-refractivity contribution in [3.05, 3.63) is 65.8 Å². The Bertz CT molecular complexity index is 804. The van der Waals surface area contributed by atoms with E-state index in [4.69, 9.17) is 0 Å². The molecule has 132 valence electrons. The van der Waals surface area contributed by atoms with Gasteiger partial charge in [0.15, 0.2) is 5.69 Å². The fraction of sp³-hybridized carbons (Fsp3) is 0.176. The van der Waals surface area contributed by atoms with Crippen LogP contribution in [0.4, 0.5) is 28.9 Å². The van der Waals surface area contributed by atoms with Gasteiger partial charge in [0.2, 0.25) is 0 Å². The Morgan fingerprint density at radius 1 is 1.32 bits per heavy atom. The van der Waals surface area contributed by atoms with Crippen LogP contribution in [0.5, 0.6) is 0 Å². The molecule has 0 aliphatic carbocycles. The van der Waals surface area contributed by atoms with E-state index in [0.29, 0.717) is 18.4 Å². The third-order valence-electron chi connectivity index (χ3n) is 3.39. The Hall–Kier alpha value is -2.90. The van der Waals surface area contributed by atoms with E-state index in [0.717, 1.165) is 18.3 Å². The van der Waals surface area contributed by atoms with Crippen LogP contribution in [-0.4, -0.2) is 16.1 Å². The Kier molecular flexibility index (Phi) is 5.41. The number of allylic oxidation sites excluding steroid dienone is 1. The zero-order chi connectivity index (χ0) is 18.6. The number of aromatic carboxylic acids is 1. The third-order valence-corrected chi connectivity index (χ3v) is 3.39. The lowest BCUT2D eigenvalue weighted by Gasteiger charge is -2.18. The Morgan fingerprint density at radius 2 is 2.04 bits per heavy atom. The van der Waals surface area contributed by atoms with Crippen LogP contribution in [0, 0.1) is 5.82 Å². The molecule has 0 amide bonds. The molecular formula is C17H14F4N2O2. The van der Waals surface area contributed by atoms with Crippen molar-refractivity contribution in [2.75, 3.05) is 5.32 Å². The number of nitrogens with zero attached hydrogens (tertiary/aromatic N) is 1. The summed E-state index contributed by atoms with van der Waals surface area (Å²) in [6.07, 6.45) is -1.69. The smallest absolute Gasteiger partial charge is 0.435 e. The number of carbonyl (C=O) groups is 1. The maximum absolute atomic E-state index is 13.4. The van der Waals surface area contributed by atoms with E-state index in [-0.39, 0.29) is 5.69 Å². The van der Waals surface area contributed by atoms with Crippen LogP contribution in [0.3, 0.4) is 0 Å². The highest BCUT2D eigenvalue weighted by molar-refractivity contribution is 5.96. The second-order valence-corrected chi connectivity index (χ2v) is 5.14. The molecule has 25 heavy (non-hydrogen) atoms. The summed E-state index contributed by atoms with van der Waals surface area (Å²) in [5, 5.41) is 11.6. The summed E-state index contributed by atoms with van der Waals surface area (Å²) in [7, 11) is 0. The SMILES string of the molecule is C=CCCc1cc(F)ccc1Nc1c(C(=O)O)ccnc1C(F)(F)F. The van der Waals surface area contributed by atoms with Crippen molar-refractivity contribution in [1.82, 2.24) is 4.98 Å². The monoisotopic (exact) mass is 354 g/mol. The van der Waals surface area contributed by atoms with Crippen LogP contribution >= 0.6 is 0 Å². The summed E-state index contributed by atoms with van der Waals surface area (Å²) < 4.78 is 53.0. The summed E-state index contributed by atoms with van der Waals surface area (Å²) >= 11 is 0. The molecule has 0 atom stereocenters. The number of rotatable bonds is 6. The van der Waals surface area contributed by atoms with E-state index in [1.165, 1.54) is 12.1 Å². The first-order chi connectivity index (χ1) is 11.7. The molecule has 4 nitrogen and oxygen atoms in total. The van der Waals surface area contributed by atoms with Gasteiger partial charge < -0.3 is 10.4 Å². The molecule has 0 bridgehead atoms. The number of carboxylic acid groups (broad SMARTS) is 1. The number of pyridine rings is 1. The molecule has 1 heterocycles. The molecule has 8 heteroatoms. The van der Waals surface area contributed by atoms with Crippen molar-refractivity contribution in [2.24, 2.45) is 0 Å². The molecule has 2 rings (SSSR count). The molecule has 0 saturated heterocycles. The normalized spacial score (nSPS) is 11.2.